The van der Waals surface area contributed by atoms with Crippen LogP contribution in [0.2, 0.25) is 0 Å². The molecule has 0 saturated carbocycles. The summed E-state index contributed by atoms with van der Waals surface area (Å²) in [5.74, 6) is 0.698. The molecule has 3 aromatic rings. The third-order valence-electron chi connectivity index (χ3n) is 6.25. The third kappa shape index (κ3) is 2.65. The van der Waals surface area contributed by atoms with E-state index in [9.17, 15) is 9.90 Å². The number of rotatable bonds is 3. The molecule has 2 aliphatic rings. The predicted molar refractivity (Wildman–Crippen MR) is 109 cm³/mol. The van der Waals surface area contributed by atoms with Gasteiger partial charge in [-0.1, -0.05) is 0 Å². The van der Waals surface area contributed by atoms with E-state index in [0.29, 0.717) is 12.1 Å². The summed E-state index contributed by atoms with van der Waals surface area (Å²) in [4.78, 5) is 24.9. The van der Waals surface area contributed by atoms with Crippen LogP contribution >= 0.6 is 0 Å². The minimum Gasteiger partial charge on any atom is -0.497 e. The number of aliphatic hydroxyl groups excluding tert-OH is 1. The van der Waals surface area contributed by atoms with Gasteiger partial charge in [-0.25, -0.2) is 0 Å². The highest BCUT2D eigenvalue weighted by molar-refractivity contribution is 5.95. The first-order valence-electron chi connectivity index (χ1n) is 9.77. The summed E-state index contributed by atoms with van der Waals surface area (Å²) in [7, 11) is 3.74. The van der Waals surface area contributed by atoms with Crippen molar-refractivity contribution in [1.82, 2.24) is 19.8 Å². The van der Waals surface area contributed by atoms with Crippen LogP contribution in [0.15, 0.2) is 42.7 Å². The Balaban J connectivity index is 1.67. The van der Waals surface area contributed by atoms with E-state index in [1.807, 2.05) is 17.0 Å². The number of H-pyrrole nitrogens is 1. The zero-order valence-electron chi connectivity index (χ0n) is 16.6. The molecule has 0 unspecified atom stereocenters. The lowest BCUT2D eigenvalue weighted by Gasteiger charge is -2.55. The number of hydrogen-bond donors (Lipinski definition) is 2. The maximum absolute atomic E-state index is 13.3. The number of fused-ring (bicyclic) bond motifs is 4. The van der Waals surface area contributed by atoms with Gasteiger partial charge in [-0.3, -0.25) is 9.78 Å². The normalized spacial score (nSPS) is 20.5. The number of carbonyl (C=O) groups excluding carboxylic acids is 1. The van der Waals surface area contributed by atoms with Crippen molar-refractivity contribution in [2.45, 2.75) is 11.5 Å². The molecular weight excluding hydrogens is 368 g/mol. The molecule has 5 rings (SSSR count). The molecule has 1 aromatic carbocycles. The van der Waals surface area contributed by atoms with Gasteiger partial charge in [0.05, 0.1) is 19.8 Å². The van der Waals surface area contributed by atoms with Gasteiger partial charge in [0.25, 0.3) is 5.91 Å². The van der Waals surface area contributed by atoms with Crippen molar-refractivity contribution >= 4 is 16.8 Å². The van der Waals surface area contributed by atoms with Gasteiger partial charge in [-0.05, 0) is 36.9 Å². The first-order valence-corrected chi connectivity index (χ1v) is 9.77. The number of nitrogens with zero attached hydrogens (tertiary/aromatic N) is 3. The Morgan fingerprint density at radius 1 is 1.28 bits per heavy atom. The van der Waals surface area contributed by atoms with E-state index < -0.39 is 6.04 Å². The summed E-state index contributed by atoms with van der Waals surface area (Å²) in [5, 5.41) is 11.4. The molecule has 1 amide bonds. The Morgan fingerprint density at radius 2 is 2.03 bits per heavy atom. The van der Waals surface area contributed by atoms with Crippen molar-refractivity contribution in [2.75, 3.05) is 40.4 Å². The number of likely N-dealkylation sites (tertiary alicyclic amines) is 1. The number of methoxy groups -OCH3 is 1. The molecule has 7 nitrogen and oxygen atoms in total. The van der Waals surface area contributed by atoms with Gasteiger partial charge in [0.15, 0.2) is 0 Å². The van der Waals surface area contributed by atoms with E-state index in [-0.39, 0.29) is 17.9 Å². The number of benzene rings is 1. The molecule has 0 radical (unpaired) electrons. The molecule has 2 N–H and O–H groups in total. The summed E-state index contributed by atoms with van der Waals surface area (Å²) >= 11 is 0. The van der Waals surface area contributed by atoms with Gasteiger partial charge in [-0.2, -0.15) is 0 Å². The highest BCUT2D eigenvalue weighted by Gasteiger charge is 2.52. The number of carbonyl (C=O) groups is 1. The van der Waals surface area contributed by atoms with Crippen LogP contribution in [0.25, 0.3) is 10.9 Å². The van der Waals surface area contributed by atoms with Gasteiger partial charge in [-0.15, -0.1) is 0 Å². The highest BCUT2D eigenvalue weighted by Crippen LogP contribution is 2.48. The van der Waals surface area contributed by atoms with Gasteiger partial charge >= 0.3 is 0 Å². The molecule has 4 heterocycles. The van der Waals surface area contributed by atoms with Crippen LogP contribution in [0.4, 0.5) is 0 Å². The number of ether oxygens (including phenoxy) is 1. The Bertz CT molecular complexity index is 1070. The van der Waals surface area contributed by atoms with Crippen LogP contribution in [0.1, 0.15) is 27.7 Å². The van der Waals surface area contributed by atoms with E-state index in [4.69, 9.17) is 4.74 Å². The summed E-state index contributed by atoms with van der Waals surface area (Å²) in [5.41, 5.74) is 3.57. The van der Waals surface area contributed by atoms with Gasteiger partial charge in [0, 0.05) is 65.7 Å². The van der Waals surface area contributed by atoms with E-state index in [2.05, 4.69) is 28.0 Å². The first-order chi connectivity index (χ1) is 14.1. The van der Waals surface area contributed by atoms with E-state index >= 15 is 0 Å². The Labute approximate surface area is 168 Å². The van der Waals surface area contributed by atoms with Crippen molar-refractivity contribution in [3.05, 3.63) is 59.5 Å². The van der Waals surface area contributed by atoms with Crippen LogP contribution in [0, 0.1) is 0 Å². The second-order valence-corrected chi connectivity index (χ2v) is 8.15. The molecule has 1 atom stereocenters. The Morgan fingerprint density at radius 3 is 2.69 bits per heavy atom. The van der Waals surface area contributed by atoms with Crippen molar-refractivity contribution in [1.29, 1.82) is 0 Å². The maximum atomic E-state index is 13.3. The molecule has 2 aromatic heterocycles. The van der Waals surface area contributed by atoms with Crippen LogP contribution in [-0.2, 0) is 5.41 Å². The molecular formula is C22H24N4O3. The summed E-state index contributed by atoms with van der Waals surface area (Å²) < 4.78 is 5.39. The minimum atomic E-state index is -0.416. The molecule has 1 saturated heterocycles. The van der Waals surface area contributed by atoms with Crippen molar-refractivity contribution in [3.63, 3.8) is 0 Å². The molecule has 1 fully saturated rings. The third-order valence-corrected chi connectivity index (χ3v) is 6.25. The predicted octanol–water partition coefficient (Wildman–Crippen LogP) is 1.94. The number of aliphatic hydroxyl groups is 1. The Kier molecular flexibility index (Phi) is 4.11. The summed E-state index contributed by atoms with van der Waals surface area (Å²) in [6.45, 7) is 2.18. The van der Waals surface area contributed by atoms with Gasteiger partial charge in [0.1, 0.15) is 5.75 Å². The maximum Gasteiger partial charge on any atom is 0.254 e. The van der Waals surface area contributed by atoms with Crippen LogP contribution in [-0.4, -0.2) is 71.2 Å². The summed E-state index contributed by atoms with van der Waals surface area (Å²) in [6, 6.07) is 9.06. The number of nitrogens with one attached hydrogen (secondary N) is 1. The second-order valence-electron chi connectivity index (χ2n) is 8.15. The topological polar surface area (TPSA) is 81.7 Å². The molecule has 150 valence electrons. The number of aromatic amines is 1. The molecule has 0 bridgehead atoms. The minimum absolute atomic E-state index is 0.0812. The van der Waals surface area contributed by atoms with Crippen molar-refractivity contribution in [3.8, 4) is 5.75 Å². The monoisotopic (exact) mass is 392 g/mol. The lowest BCUT2D eigenvalue weighted by molar-refractivity contribution is 0.00962. The van der Waals surface area contributed by atoms with E-state index in [1.165, 1.54) is 5.56 Å². The van der Waals surface area contributed by atoms with Gasteiger partial charge < -0.3 is 24.6 Å². The number of pyridine rings is 1. The van der Waals surface area contributed by atoms with Crippen LogP contribution in [0.5, 0.6) is 5.75 Å². The molecule has 0 aliphatic carbocycles. The fraction of sp³-hybridized carbons (Fsp3) is 0.364. The molecule has 29 heavy (non-hydrogen) atoms. The molecule has 1 spiro atoms. The van der Waals surface area contributed by atoms with Gasteiger partial charge in [0.2, 0.25) is 0 Å². The summed E-state index contributed by atoms with van der Waals surface area (Å²) in [6.07, 6.45) is 3.25. The fourth-order valence-electron chi connectivity index (χ4n) is 5.13. The number of aromatic nitrogens is 2. The lowest BCUT2D eigenvalue weighted by Crippen LogP contribution is -2.65. The van der Waals surface area contributed by atoms with E-state index in [1.54, 1.807) is 31.6 Å². The van der Waals surface area contributed by atoms with Crippen LogP contribution < -0.4 is 4.74 Å². The van der Waals surface area contributed by atoms with Crippen molar-refractivity contribution in [2.24, 2.45) is 0 Å². The second kappa shape index (κ2) is 6.57. The molecule has 7 heteroatoms. The first kappa shape index (κ1) is 18.1. The largest absolute Gasteiger partial charge is 0.497 e. The zero-order valence-corrected chi connectivity index (χ0v) is 16.6. The number of likely N-dealkylation sites (N-methyl/N-ethyl adjacent to an activating group) is 1. The molecule has 2 aliphatic heterocycles. The van der Waals surface area contributed by atoms with Crippen molar-refractivity contribution < 1.29 is 14.6 Å². The Hall–Kier alpha value is -2.90. The highest BCUT2D eigenvalue weighted by atomic mass is 16.5. The quantitative estimate of drug-likeness (QED) is 0.712. The SMILES string of the molecule is COc1ccc2c3c([nH]c2c1)[C@@H](CO)N(C(=O)c1ccncc1)CC31CN(C)C1. The zero-order chi connectivity index (χ0) is 20.2. The van der Waals surface area contributed by atoms with Crippen LogP contribution in [0.3, 0.4) is 0 Å². The average Bonchev–Trinajstić information content (AvgIpc) is 3.11. The lowest BCUT2D eigenvalue weighted by atomic mass is 9.69. The standard InChI is InChI=1S/C22H24N4O3/c1-25-11-22(12-25)13-26(21(28)14-5-7-23-8-6-14)18(10-27)20-19(22)16-4-3-15(29-2)9-17(16)24-20/h3-9,18,24,27H,10-13H2,1-2H3/t18-/m1/s1. The number of hydrogen-bond acceptors (Lipinski definition) is 5. The number of amides is 1. The average molecular weight is 392 g/mol. The fourth-order valence-corrected chi connectivity index (χ4v) is 5.13. The smallest absolute Gasteiger partial charge is 0.254 e. The van der Waals surface area contributed by atoms with E-state index in [0.717, 1.165) is 35.4 Å².